The van der Waals surface area contributed by atoms with Gasteiger partial charge in [-0.1, -0.05) is 24.3 Å². The molecule has 0 radical (unpaired) electrons. The molecular formula is C42H45Br3O16. The predicted molar refractivity (Wildman–Crippen MR) is 229 cm³/mol. The SMILES string of the molecule is COCOc1cc(C(=O)O)cc(C)c1Br.COCOc1cc(C(=O)O[C@H]2Cc3ccccc3C[C@H]2OC(=O)c2cc(OCOC)c(Br)c(OCOC)c2)cc(OCOC)c1Br. The zero-order valence-corrected chi connectivity index (χ0v) is 38.8. The van der Waals surface area contributed by atoms with E-state index in [1.165, 1.54) is 65.9 Å². The van der Waals surface area contributed by atoms with E-state index in [0.717, 1.165) is 21.2 Å². The maximum Gasteiger partial charge on any atom is 0.338 e. The van der Waals surface area contributed by atoms with Crippen LogP contribution in [0.3, 0.4) is 0 Å². The molecule has 0 spiro atoms. The third kappa shape index (κ3) is 14.0. The Hall–Kier alpha value is -4.47. The first-order valence-corrected chi connectivity index (χ1v) is 20.5. The summed E-state index contributed by atoms with van der Waals surface area (Å²) in [7, 11) is 7.41. The van der Waals surface area contributed by atoms with Crippen molar-refractivity contribution in [3.63, 3.8) is 0 Å². The predicted octanol–water partition coefficient (Wildman–Crippen LogP) is 8.13. The van der Waals surface area contributed by atoms with Crippen LogP contribution in [0.4, 0.5) is 0 Å². The van der Waals surface area contributed by atoms with E-state index in [9.17, 15) is 14.4 Å². The Labute approximate surface area is 377 Å². The van der Waals surface area contributed by atoms with Gasteiger partial charge < -0.3 is 61.9 Å². The Balaban J connectivity index is 0.000000460. The van der Waals surface area contributed by atoms with Gasteiger partial charge in [0.15, 0.2) is 34.0 Å². The highest BCUT2D eigenvalue weighted by Crippen LogP contribution is 2.39. The second kappa shape index (κ2) is 24.8. The lowest BCUT2D eigenvalue weighted by molar-refractivity contribution is -0.0390. The van der Waals surface area contributed by atoms with Crippen LogP contribution >= 0.6 is 47.8 Å². The Kier molecular flexibility index (Phi) is 20.0. The van der Waals surface area contributed by atoms with Crippen LogP contribution < -0.4 is 23.7 Å². The van der Waals surface area contributed by atoms with Crippen molar-refractivity contribution in [1.82, 2.24) is 0 Å². The lowest BCUT2D eigenvalue weighted by Crippen LogP contribution is -2.41. The summed E-state index contributed by atoms with van der Waals surface area (Å²) in [5.74, 6) is -0.657. The van der Waals surface area contributed by atoms with Crippen molar-refractivity contribution in [1.29, 1.82) is 0 Å². The first-order valence-electron chi connectivity index (χ1n) is 18.1. The fourth-order valence-electron chi connectivity index (χ4n) is 5.68. The van der Waals surface area contributed by atoms with Crippen LogP contribution in [0, 0.1) is 6.92 Å². The number of fused-ring (bicyclic) bond motifs is 1. The number of hydrogen-bond donors (Lipinski definition) is 1. The van der Waals surface area contributed by atoms with Crippen molar-refractivity contribution < 1.29 is 76.3 Å². The molecule has 61 heavy (non-hydrogen) atoms. The highest BCUT2D eigenvalue weighted by atomic mass is 79.9. The number of halogens is 3. The van der Waals surface area contributed by atoms with Gasteiger partial charge >= 0.3 is 17.9 Å². The number of benzene rings is 4. The molecule has 4 aromatic carbocycles. The van der Waals surface area contributed by atoms with Crippen LogP contribution in [0.15, 0.2) is 74.1 Å². The molecule has 2 atom stereocenters. The van der Waals surface area contributed by atoms with Crippen LogP contribution in [0.25, 0.3) is 0 Å². The summed E-state index contributed by atoms with van der Waals surface area (Å²) in [6.45, 7) is 1.63. The molecule has 1 N–H and O–H groups in total. The minimum atomic E-state index is -0.979. The van der Waals surface area contributed by atoms with E-state index < -0.39 is 30.1 Å². The molecule has 19 heteroatoms. The van der Waals surface area contributed by atoms with Gasteiger partial charge in [-0.2, -0.15) is 0 Å². The Morgan fingerprint density at radius 1 is 0.525 bits per heavy atom. The van der Waals surface area contributed by atoms with Gasteiger partial charge in [-0.25, -0.2) is 14.4 Å². The number of hydrogen-bond acceptors (Lipinski definition) is 15. The number of carboxylic acids is 1. The van der Waals surface area contributed by atoms with E-state index in [1.54, 1.807) is 13.0 Å². The summed E-state index contributed by atoms with van der Waals surface area (Å²) in [4.78, 5) is 38.0. The average molecular weight is 1050 g/mol. The van der Waals surface area contributed by atoms with Gasteiger partial charge in [0.05, 0.1) is 21.2 Å². The number of aryl methyl sites for hydroxylation is 1. The zero-order chi connectivity index (χ0) is 44.5. The minimum Gasteiger partial charge on any atom is -0.478 e. The number of ether oxygens (including phenoxy) is 12. The lowest BCUT2D eigenvalue weighted by atomic mass is 9.87. The first kappa shape index (κ1) is 49.2. The van der Waals surface area contributed by atoms with E-state index in [2.05, 4.69) is 47.8 Å². The normalized spacial score (nSPS) is 14.1. The molecule has 0 aromatic heterocycles. The van der Waals surface area contributed by atoms with E-state index in [0.29, 0.717) is 50.5 Å². The van der Waals surface area contributed by atoms with Crippen LogP contribution in [0.2, 0.25) is 0 Å². The number of carbonyl (C=O) groups is 3. The molecule has 1 aliphatic carbocycles. The highest BCUT2D eigenvalue weighted by molar-refractivity contribution is 9.11. The average Bonchev–Trinajstić information content (AvgIpc) is 3.25. The molecule has 330 valence electrons. The van der Waals surface area contributed by atoms with E-state index in [-0.39, 0.29) is 50.7 Å². The van der Waals surface area contributed by atoms with Gasteiger partial charge in [-0.15, -0.1) is 0 Å². The van der Waals surface area contributed by atoms with Crippen molar-refractivity contribution in [2.45, 2.75) is 32.0 Å². The molecule has 0 amide bonds. The van der Waals surface area contributed by atoms with Crippen LogP contribution in [0.5, 0.6) is 28.7 Å². The van der Waals surface area contributed by atoms with E-state index in [1.807, 2.05) is 24.3 Å². The molecule has 0 bridgehead atoms. The van der Waals surface area contributed by atoms with Gasteiger partial charge in [0, 0.05) is 48.4 Å². The summed E-state index contributed by atoms with van der Waals surface area (Å²) >= 11 is 10.2. The fraction of sp³-hybridized carbons (Fsp3) is 0.357. The second-order valence-corrected chi connectivity index (χ2v) is 15.2. The van der Waals surface area contributed by atoms with Crippen LogP contribution in [-0.4, -0.2) is 105 Å². The maximum absolute atomic E-state index is 13.6. The third-order valence-corrected chi connectivity index (χ3v) is 11.1. The van der Waals surface area contributed by atoms with E-state index in [4.69, 9.17) is 61.9 Å². The number of rotatable bonds is 20. The lowest BCUT2D eigenvalue weighted by Gasteiger charge is -2.32. The number of methoxy groups -OCH3 is 5. The Morgan fingerprint density at radius 3 is 1.15 bits per heavy atom. The third-order valence-electron chi connectivity index (χ3n) is 8.50. The van der Waals surface area contributed by atoms with Crippen molar-refractivity contribution >= 4 is 65.7 Å². The van der Waals surface area contributed by atoms with Crippen molar-refractivity contribution in [3.8, 4) is 28.7 Å². The molecule has 0 unspecified atom stereocenters. The molecule has 0 heterocycles. The largest absolute Gasteiger partial charge is 0.478 e. The number of aromatic carboxylic acids is 1. The fourth-order valence-corrected chi connectivity index (χ4v) is 6.94. The molecule has 1 aliphatic rings. The number of carboxylic acid groups (broad SMARTS) is 1. The smallest absolute Gasteiger partial charge is 0.338 e. The summed E-state index contributed by atoms with van der Waals surface area (Å²) in [5.41, 5.74) is 3.26. The van der Waals surface area contributed by atoms with Crippen molar-refractivity contribution in [3.05, 3.63) is 107 Å². The second-order valence-electron chi connectivity index (χ2n) is 12.8. The zero-order valence-electron chi connectivity index (χ0n) is 34.1. The highest BCUT2D eigenvalue weighted by Gasteiger charge is 2.35. The molecule has 0 fully saturated rings. The van der Waals surface area contributed by atoms with Crippen LogP contribution in [0.1, 0.15) is 47.8 Å². The first-order chi connectivity index (χ1) is 29.3. The van der Waals surface area contributed by atoms with Crippen molar-refractivity contribution in [2.24, 2.45) is 0 Å². The molecule has 0 aliphatic heterocycles. The number of carbonyl (C=O) groups excluding carboxylic acids is 2. The summed E-state index contributed by atoms with van der Waals surface area (Å²) in [6.07, 6.45) is -0.987. The van der Waals surface area contributed by atoms with Gasteiger partial charge in [-0.3, -0.25) is 0 Å². The summed E-state index contributed by atoms with van der Waals surface area (Å²) in [6, 6.07) is 16.8. The Morgan fingerprint density at radius 2 is 0.836 bits per heavy atom. The van der Waals surface area contributed by atoms with Gasteiger partial charge in [-0.05, 0) is 108 Å². The summed E-state index contributed by atoms with van der Waals surface area (Å²) in [5, 5.41) is 8.85. The summed E-state index contributed by atoms with van der Waals surface area (Å²) < 4.78 is 66.3. The Bertz CT molecular complexity index is 1940. The number of esters is 2. The molecular weight excluding hydrogens is 1000 g/mol. The quantitative estimate of drug-likeness (QED) is 0.0661. The van der Waals surface area contributed by atoms with Gasteiger partial charge in [0.25, 0.3) is 0 Å². The topological polar surface area (TPSA) is 182 Å². The molecule has 4 aromatic rings. The molecule has 0 saturated heterocycles. The van der Waals surface area contributed by atoms with Gasteiger partial charge in [0.1, 0.15) is 49.9 Å². The standard InChI is InChI=1S/C32H34Br2O12.C10H11BrO4/c1-37-15-41-25-11-21(12-26(29(25)33)42-16-38-2)31(35)45-23-9-19-7-5-6-8-20(19)10-24(23)46-32(36)22-13-27(43-17-39-3)30(34)28(14-22)44-18-40-4;1-6-3-7(10(12)13)4-8(9(6)11)15-5-14-2/h5-8,11-14,23-24H,9-10,15-18H2,1-4H3;3-4H,5H2,1-2H3,(H,12,13)/t23-,24+;. The molecule has 0 saturated carbocycles. The monoisotopic (exact) mass is 1040 g/mol. The van der Waals surface area contributed by atoms with Crippen LogP contribution in [-0.2, 0) is 46.0 Å². The molecule has 16 nitrogen and oxygen atoms in total. The van der Waals surface area contributed by atoms with Gasteiger partial charge in [0.2, 0.25) is 0 Å². The van der Waals surface area contributed by atoms with E-state index >= 15 is 0 Å². The van der Waals surface area contributed by atoms with Crippen molar-refractivity contribution in [2.75, 3.05) is 69.5 Å². The maximum atomic E-state index is 13.6. The minimum absolute atomic E-state index is 0.0647. The molecule has 5 rings (SSSR count).